The molecule has 2 bridgehead atoms. The first kappa shape index (κ1) is 10.4. The molecule has 0 N–H and O–H groups in total. The zero-order valence-corrected chi connectivity index (χ0v) is 11.4. The first-order valence-corrected chi connectivity index (χ1v) is 7.34. The van der Waals surface area contributed by atoms with Crippen LogP contribution in [0.4, 0.5) is 0 Å². The lowest BCUT2D eigenvalue weighted by Crippen LogP contribution is -2.28. The minimum absolute atomic E-state index is 0.512. The molecular formula is C17H24. The number of fused-ring (bicyclic) bond motifs is 1. The van der Waals surface area contributed by atoms with Crippen LogP contribution in [0.2, 0.25) is 0 Å². The summed E-state index contributed by atoms with van der Waals surface area (Å²) in [4.78, 5) is 0. The van der Waals surface area contributed by atoms with Crippen molar-refractivity contribution in [2.45, 2.75) is 40.0 Å². The summed E-state index contributed by atoms with van der Waals surface area (Å²) in [6.45, 7) is 11.9. The van der Waals surface area contributed by atoms with Crippen LogP contribution < -0.4 is 0 Å². The normalized spacial score (nSPS) is 57.6. The molecule has 0 saturated heterocycles. The molecule has 0 aliphatic heterocycles. The highest BCUT2D eigenvalue weighted by molar-refractivity contribution is 5.36. The lowest BCUT2D eigenvalue weighted by atomic mass is 9.69. The maximum absolute atomic E-state index is 4.45. The van der Waals surface area contributed by atoms with Crippen LogP contribution in [0, 0.1) is 40.4 Å². The molecule has 0 heterocycles. The SMILES string of the molecule is C=C1C[C@H]2C=C[C@]3(C[C@@H](C)C[C@H]13)[C@H]1[C@@H]2C1(C)C. The Morgan fingerprint density at radius 2 is 2.12 bits per heavy atom. The van der Waals surface area contributed by atoms with Gasteiger partial charge < -0.3 is 0 Å². The Morgan fingerprint density at radius 1 is 1.35 bits per heavy atom. The number of rotatable bonds is 0. The average Bonchev–Trinajstić information content (AvgIpc) is 2.76. The third kappa shape index (κ3) is 1.02. The van der Waals surface area contributed by atoms with Crippen LogP contribution in [-0.2, 0) is 0 Å². The molecule has 17 heavy (non-hydrogen) atoms. The van der Waals surface area contributed by atoms with Crippen molar-refractivity contribution in [1.29, 1.82) is 0 Å². The van der Waals surface area contributed by atoms with Crippen molar-refractivity contribution in [2.75, 3.05) is 0 Å². The van der Waals surface area contributed by atoms with E-state index in [1.165, 1.54) is 19.3 Å². The van der Waals surface area contributed by atoms with Gasteiger partial charge in [0.05, 0.1) is 0 Å². The van der Waals surface area contributed by atoms with E-state index < -0.39 is 0 Å². The lowest BCUT2D eigenvalue weighted by molar-refractivity contribution is 0.225. The highest BCUT2D eigenvalue weighted by Crippen LogP contribution is 2.78. The summed E-state index contributed by atoms with van der Waals surface area (Å²) < 4.78 is 0. The molecule has 0 radical (unpaired) electrons. The van der Waals surface area contributed by atoms with Crippen LogP contribution in [0.5, 0.6) is 0 Å². The monoisotopic (exact) mass is 228 g/mol. The molecule has 3 saturated carbocycles. The molecule has 0 aromatic rings. The highest BCUT2D eigenvalue weighted by atomic mass is 14.8. The van der Waals surface area contributed by atoms with Gasteiger partial charge >= 0.3 is 0 Å². The van der Waals surface area contributed by atoms with Crippen molar-refractivity contribution in [3.8, 4) is 0 Å². The highest BCUT2D eigenvalue weighted by Gasteiger charge is 2.73. The smallest absolute Gasteiger partial charge is 0.00137 e. The third-order valence-electron chi connectivity index (χ3n) is 6.58. The molecule has 5 rings (SSSR count). The van der Waals surface area contributed by atoms with Crippen LogP contribution in [0.15, 0.2) is 24.3 Å². The van der Waals surface area contributed by atoms with Crippen molar-refractivity contribution in [1.82, 2.24) is 0 Å². The zero-order valence-electron chi connectivity index (χ0n) is 11.4. The Kier molecular flexibility index (Phi) is 1.67. The number of allylic oxidation sites excluding steroid dienone is 3. The second-order valence-electron chi connectivity index (χ2n) is 7.92. The molecular weight excluding hydrogens is 204 g/mol. The molecule has 1 spiro atoms. The lowest BCUT2D eigenvalue weighted by Gasteiger charge is -2.35. The molecule has 5 aliphatic carbocycles. The van der Waals surface area contributed by atoms with Crippen molar-refractivity contribution >= 4 is 0 Å². The molecule has 92 valence electrons. The molecule has 0 heteroatoms. The zero-order chi connectivity index (χ0) is 12.0. The Bertz CT molecular complexity index is 427. The quantitative estimate of drug-likeness (QED) is 0.538. The van der Waals surface area contributed by atoms with Gasteiger partial charge in [-0.2, -0.15) is 0 Å². The van der Waals surface area contributed by atoms with E-state index in [9.17, 15) is 0 Å². The van der Waals surface area contributed by atoms with Crippen LogP contribution in [0.1, 0.15) is 40.0 Å². The summed E-state index contributed by atoms with van der Waals surface area (Å²) in [5, 5.41) is 0. The summed E-state index contributed by atoms with van der Waals surface area (Å²) in [5.41, 5.74) is 2.68. The molecule has 0 nitrogen and oxygen atoms in total. The van der Waals surface area contributed by atoms with E-state index in [1.54, 1.807) is 5.57 Å². The summed E-state index contributed by atoms with van der Waals surface area (Å²) in [6, 6.07) is 0. The minimum atomic E-state index is 0.512. The third-order valence-corrected chi connectivity index (χ3v) is 6.58. The van der Waals surface area contributed by atoms with E-state index in [1.807, 2.05) is 0 Å². The maximum atomic E-state index is 4.45. The summed E-state index contributed by atoms with van der Waals surface area (Å²) in [7, 11) is 0. The molecule has 0 amide bonds. The van der Waals surface area contributed by atoms with Gasteiger partial charge in [-0.3, -0.25) is 0 Å². The standard InChI is InChI=1S/C17H24/c1-10-7-13-11(2)8-12-5-6-17(13,9-10)15-14(12)16(15,3)4/h5-6,10,12-15H,2,7-9H2,1,3-4H3/t10-,12+,13+,14+,15-,17+/m0/s1. The van der Waals surface area contributed by atoms with E-state index in [0.29, 0.717) is 10.8 Å². The van der Waals surface area contributed by atoms with Crippen molar-refractivity contribution in [2.24, 2.45) is 40.4 Å². The van der Waals surface area contributed by atoms with E-state index in [4.69, 9.17) is 0 Å². The van der Waals surface area contributed by atoms with Crippen LogP contribution in [0.3, 0.4) is 0 Å². The van der Waals surface area contributed by atoms with Crippen LogP contribution >= 0.6 is 0 Å². The first-order valence-electron chi connectivity index (χ1n) is 7.34. The van der Waals surface area contributed by atoms with Gasteiger partial charge in [-0.1, -0.05) is 45.1 Å². The fourth-order valence-corrected chi connectivity index (χ4v) is 6.20. The minimum Gasteiger partial charge on any atom is -0.0995 e. The van der Waals surface area contributed by atoms with Crippen molar-refractivity contribution in [3.05, 3.63) is 24.3 Å². The fraction of sp³-hybridized carbons (Fsp3) is 0.765. The Hall–Kier alpha value is -0.520. The van der Waals surface area contributed by atoms with E-state index in [2.05, 4.69) is 39.5 Å². The Labute approximate surface area is 105 Å². The Balaban J connectivity index is 1.88. The topological polar surface area (TPSA) is 0 Å². The number of hydrogen-bond donors (Lipinski definition) is 0. The molecule has 6 atom stereocenters. The molecule has 0 aromatic carbocycles. The second kappa shape index (κ2) is 2.73. The molecule has 5 aliphatic rings. The predicted octanol–water partition coefficient (Wildman–Crippen LogP) is 4.44. The van der Waals surface area contributed by atoms with E-state index in [-0.39, 0.29) is 0 Å². The van der Waals surface area contributed by atoms with E-state index >= 15 is 0 Å². The summed E-state index contributed by atoms with van der Waals surface area (Å²) in [6.07, 6.45) is 9.30. The van der Waals surface area contributed by atoms with Crippen molar-refractivity contribution < 1.29 is 0 Å². The maximum Gasteiger partial charge on any atom is -0.00137 e. The summed E-state index contributed by atoms with van der Waals surface area (Å²) >= 11 is 0. The Morgan fingerprint density at radius 3 is 2.88 bits per heavy atom. The van der Waals surface area contributed by atoms with Gasteiger partial charge in [0, 0.05) is 0 Å². The summed E-state index contributed by atoms with van der Waals surface area (Å²) in [5.74, 6) is 4.43. The van der Waals surface area contributed by atoms with Gasteiger partial charge in [0.1, 0.15) is 0 Å². The first-order chi connectivity index (χ1) is 7.97. The van der Waals surface area contributed by atoms with Gasteiger partial charge in [0.25, 0.3) is 0 Å². The second-order valence-corrected chi connectivity index (χ2v) is 7.92. The molecule has 0 aromatic heterocycles. The van der Waals surface area contributed by atoms with Gasteiger partial charge in [-0.15, -0.1) is 0 Å². The van der Waals surface area contributed by atoms with Crippen LogP contribution in [-0.4, -0.2) is 0 Å². The molecule has 0 unspecified atom stereocenters. The van der Waals surface area contributed by atoms with Crippen LogP contribution in [0.25, 0.3) is 0 Å². The van der Waals surface area contributed by atoms with Gasteiger partial charge in [-0.05, 0) is 59.7 Å². The largest absolute Gasteiger partial charge is 0.0995 e. The predicted molar refractivity (Wildman–Crippen MR) is 71.5 cm³/mol. The fourth-order valence-electron chi connectivity index (χ4n) is 6.20. The van der Waals surface area contributed by atoms with Gasteiger partial charge in [-0.25, -0.2) is 0 Å². The average molecular weight is 228 g/mol. The molecule has 3 fully saturated rings. The van der Waals surface area contributed by atoms with Crippen molar-refractivity contribution in [3.63, 3.8) is 0 Å². The van der Waals surface area contributed by atoms with Gasteiger partial charge in [0.2, 0.25) is 0 Å². The number of hydrogen-bond acceptors (Lipinski definition) is 0. The van der Waals surface area contributed by atoms with Gasteiger partial charge in [0.15, 0.2) is 0 Å². The van der Waals surface area contributed by atoms with E-state index in [0.717, 1.165) is 29.6 Å².